The van der Waals surface area contributed by atoms with Gasteiger partial charge in [0.2, 0.25) is 5.91 Å². The molecule has 0 bridgehead atoms. The molecule has 0 aromatic carbocycles. The summed E-state index contributed by atoms with van der Waals surface area (Å²) in [5, 5.41) is 3.48. The van der Waals surface area contributed by atoms with Gasteiger partial charge in [0.25, 0.3) is 0 Å². The van der Waals surface area contributed by atoms with Crippen LogP contribution in [0.5, 0.6) is 0 Å². The monoisotopic (exact) mass is 985 g/mol. The lowest BCUT2D eigenvalue weighted by atomic mass is 9.71. The largest absolute Gasteiger partial charge is 0.379 e. The van der Waals surface area contributed by atoms with Crippen LogP contribution in [0.25, 0.3) is 0 Å². The molecule has 0 aromatic heterocycles. The van der Waals surface area contributed by atoms with E-state index in [-0.39, 0.29) is 70.9 Å². The molecule has 0 aliphatic heterocycles. The number of hydrogen-bond acceptors (Lipinski definition) is 5. The highest BCUT2D eigenvalue weighted by atomic mass is 16.5. The third-order valence-electron chi connectivity index (χ3n) is 13.0. The van der Waals surface area contributed by atoms with Crippen LogP contribution in [0.3, 0.4) is 0 Å². The van der Waals surface area contributed by atoms with Crippen molar-refractivity contribution in [3.05, 3.63) is 36.5 Å². The second-order valence-electron chi connectivity index (χ2n) is 33.3. The molecule has 0 aromatic rings. The number of carbonyl (C=O) groups is 1. The van der Waals surface area contributed by atoms with Crippen LogP contribution in [0.15, 0.2) is 36.5 Å². The van der Waals surface area contributed by atoms with Crippen LogP contribution >= 0.6 is 0 Å². The van der Waals surface area contributed by atoms with Gasteiger partial charge in [-0.3, -0.25) is 4.79 Å². The van der Waals surface area contributed by atoms with Crippen LogP contribution in [0.4, 0.5) is 0 Å². The fourth-order valence-electron chi connectivity index (χ4n) is 12.3. The van der Waals surface area contributed by atoms with E-state index in [1.165, 1.54) is 0 Å². The van der Waals surface area contributed by atoms with Crippen molar-refractivity contribution in [1.82, 2.24) is 10.2 Å². The van der Waals surface area contributed by atoms with Gasteiger partial charge in [-0.25, -0.2) is 0 Å². The molecule has 0 spiro atoms. The topological polar surface area (TPSA) is 60.0 Å². The fourth-order valence-corrected chi connectivity index (χ4v) is 12.3. The normalized spacial score (nSPS) is 15.4. The van der Waals surface area contributed by atoms with E-state index >= 15 is 0 Å². The lowest BCUT2D eigenvalue weighted by Crippen LogP contribution is -2.59. The Morgan fingerprint density at radius 2 is 0.657 bits per heavy atom. The van der Waals surface area contributed by atoms with Crippen molar-refractivity contribution in [3.8, 4) is 0 Å². The van der Waals surface area contributed by atoms with Crippen LogP contribution in [-0.2, 0) is 19.0 Å². The molecule has 0 rings (SSSR count). The summed E-state index contributed by atoms with van der Waals surface area (Å²) >= 11 is 0. The van der Waals surface area contributed by atoms with Crippen molar-refractivity contribution in [2.75, 3.05) is 60.3 Å². The highest BCUT2D eigenvalue weighted by Gasteiger charge is 2.38. The van der Waals surface area contributed by atoms with Gasteiger partial charge >= 0.3 is 0 Å². The van der Waals surface area contributed by atoms with E-state index < -0.39 is 5.54 Å². The number of nitrogens with one attached hydrogen (secondary N) is 1. The number of rotatable bonds is 32. The van der Waals surface area contributed by atoms with Gasteiger partial charge in [-0.2, -0.15) is 0 Å². The van der Waals surface area contributed by atoms with Crippen molar-refractivity contribution in [3.63, 3.8) is 0 Å². The smallest absolute Gasteiger partial charge is 0.221 e. The van der Waals surface area contributed by atoms with E-state index in [4.69, 9.17) is 14.2 Å². The van der Waals surface area contributed by atoms with E-state index in [2.05, 4.69) is 234 Å². The maximum atomic E-state index is 14.0. The molecule has 70 heavy (non-hydrogen) atoms. The highest BCUT2D eigenvalue weighted by molar-refractivity contribution is 5.77. The number of carbonyl (C=O) groups excluding carboxylic acids is 1. The molecule has 1 amide bonds. The van der Waals surface area contributed by atoms with E-state index in [0.717, 1.165) is 44.9 Å². The number of allylic oxidation sites excluding steroid dienone is 6. The molecule has 0 radical (unpaired) electrons. The molecule has 1 N–H and O–H groups in total. The number of hydrogen-bond donors (Lipinski definition) is 1. The minimum atomic E-state index is -0.876. The summed E-state index contributed by atoms with van der Waals surface area (Å²) in [5.41, 5.74) is 0.0210. The van der Waals surface area contributed by atoms with Crippen LogP contribution in [0, 0.1) is 65.0 Å². The second kappa shape index (κ2) is 25.9. The Bertz CT molecular complexity index is 1550. The van der Waals surface area contributed by atoms with Gasteiger partial charge in [0.05, 0.1) is 33.0 Å². The van der Waals surface area contributed by atoms with Crippen molar-refractivity contribution >= 4 is 5.91 Å². The summed E-state index contributed by atoms with van der Waals surface area (Å²) in [6.07, 6.45) is 22.2. The van der Waals surface area contributed by atoms with Crippen LogP contribution in [0.1, 0.15) is 238 Å². The first-order valence-electron chi connectivity index (χ1n) is 27.6. The van der Waals surface area contributed by atoms with Gasteiger partial charge in [-0.1, -0.05) is 223 Å². The molecule has 414 valence electrons. The first-order chi connectivity index (χ1) is 30.8. The van der Waals surface area contributed by atoms with Crippen molar-refractivity contribution in [2.45, 2.75) is 244 Å². The molecule has 6 heteroatoms. The fraction of sp³-hybridized carbons (Fsp3) is 0.891. The lowest BCUT2D eigenvalue weighted by molar-refractivity contribution is -0.129. The van der Waals surface area contributed by atoms with Gasteiger partial charge in [-0.15, -0.1) is 0 Å². The van der Waals surface area contributed by atoms with E-state index in [9.17, 15) is 4.79 Å². The van der Waals surface area contributed by atoms with Gasteiger partial charge < -0.3 is 24.4 Å². The molecule has 0 aliphatic rings. The number of nitrogens with zero attached hydrogens (tertiary/aromatic N) is 1. The minimum Gasteiger partial charge on any atom is -0.379 e. The summed E-state index contributed by atoms with van der Waals surface area (Å²) < 4.78 is 20.4. The molecular formula is C64H124N2O4. The molecule has 0 aliphatic carbocycles. The number of amides is 1. The van der Waals surface area contributed by atoms with E-state index in [1.54, 1.807) is 0 Å². The third-order valence-corrected chi connectivity index (χ3v) is 13.0. The zero-order chi connectivity index (χ0) is 55.3. The molecule has 0 unspecified atom stereocenters. The molecule has 0 fully saturated rings. The molecular weight excluding hydrogens is 861 g/mol. The lowest BCUT2D eigenvalue weighted by Gasteiger charge is -2.39. The minimum absolute atomic E-state index is 0.0143. The summed E-state index contributed by atoms with van der Waals surface area (Å²) in [4.78, 5) is 16.0. The van der Waals surface area contributed by atoms with Gasteiger partial charge in [-0.05, 0) is 124 Å². The Kier molecular flexibility index (Phi) is 25.3. The third kappa shape index (κ3) is 34.9. The average molecular weight is 986 g/mol. The zero-order valence-corrected chi connectivity index (χ0v) is 52.7. The Morgan fingerprint density at radius 1 is 0.386 bits per heavy atom. The molecule has 0 heterocycles. The maximum Gasteiger partial charge on any atom is 0.221 e. The summed E-state index contributed by atoms with van der Waals surface area (Å²) in [5.74, 6) is -0.0143. The predicted octanol–water partition coefficient (Wildman–Crippen LogP) is 17.6. The standard InChI is InChI=1S/C64H124N2O4/c1-52(2,3)40-55(10,11)31-34-58(16,17)43-61(22,23)37-39-68-48-64(65-51(67)30-38-66(28)29,49-69-46-62(24,25)44-59(18,19)35-32-56(12,13)41-53(4,5)6)50-70-47-63(26,27)45-60(20,21)36-33-57(14,15)42-54(7,8)9/h31-36H,30,37-50H2,1-29H3,(H,65,67)/b34-31-,35-32-,36-33-. The molecule has 0 saturated carbocycles. The molecule has 6 nitrogen and oxygen atoms in total. The van der Waals surface area contributed by atoms with Crippen LogP contribution in [-0.4, -0.2) is 76.6 Å². The van der Waals surface area contributed by atoms with E-state index in [1.807, 2.05) is 14.1 Å². The summed E-state index contributed by atoms with van der Waals surface area (Å²) in [7, 11) is 4.02. The Hall–Kier alpha value is -1.47. The average Bonchev–Trinajstić information content (AvgIpc) is 3.06. The molecule has 0 atom stereocenters. The maximum absolute atomic E-state index is 14.0. The highest BCUT2D eigenvalue weighted by Crippen LogP contribution is 2.43. The van der Waals surface area contributed by atoms with Crippen molar-refractivity contribution < 1.29 is 19.0 Å². The summed E-state index contributed by atoms with van der Waals surface area (Å²) in [6.45, 7) is 66.3. The quantitative estimate of drug-likeness (QED) is 0.0538. The first kappa shape index (κ1) is 68.5. The van der Waals surface area contributed by atoms with Crippen LogP contribution in [0.2, 0.25) is 0 Å². The predicted molar refractivity (Wildman–Crippen MR) is 309 cm³/mol. The zero-order valence-electron chi connectivity index (χ0n) is 52.7. The molecule has 0 saturated heterocycles. The van der Waals surface area contributed by atoms with Gasteiger partial charge in [0, 0.05) is 19.6 Å². The van der Waals surface area contributed by atoms with E-state index in [0.29, 0.717) is 52.6 Å². The van der Waals surface area contributed by atoms with Crippen molar-refractivity contribution in [1.29, 1.82) is 0 Å². The van der Waals surface area contributed by atoms with Crippen molar-refractivity contribution in [2.24, 2.45) is 65.0 Å². The SMILES string of the molecule is CN(C)CCC(=O)NC(COCCC(C)(C)CC(C)(C)/C=C\C(C)(C)CC(C)(C)C)(COCC(C)(C)CC(C)(C)/C=C\C(C)(C)CC(C)(C)C)COCC(C)(C)CC(C)(C)/C=C\C(C)(C)CC(C)(C)C. The number of ether oxygens (including phenoxy) is 3. The second-order valence-corrected chi connectivity index (χ2v) is 33.3. The van der Waals surface area contributed by atoms with Crippen LogP contribution < -0.4 is 5.32 Å². The Labute approximate surface area is 438 Å². The Balaban J connectivity index is 6.73. The summed E-state index contributed by atoms with van der Waals surface area (Å²) in [6, 6.07) is 0. The van der Waals surface area contributed by atoms with Gasteiger partial charge in [0.1, 0.15) is 5.54 Å². The Morgan fingerprint density at radius 3 is 0.943 bits per heavy atom. The first-order valence-corrected chi connectivity index (χ1v) is 27.6. The van der Waals surface area contributed by atoms with Gasteiger partial charge in [0.15, 0.2) is 0 Å².